The summed E-state index contributed by atoms with van der Waals surface area (Å²) in [5.74, 6) is -1.06. The summed E-state index contributed by atoms with van der Waals surface area (Å²) in [6.07, 6.45) is 1.53. The molecule has 0 aliphatic heterocycles. The molecule has 4 nitrogen and oxygen atoms in total. The Morgan fingerprint density at radius 1 is 1.56 bits per heavy atom. The maximum absolute atomic E-state index is 13.5. The van der Waals surface area contributed by atoms with Gasteiger partial charge < -0.3 is 11.1 Å². The molecule has 0 saturated carbocycles. The van der Waals surface area contributed by atoms with Crippen LogP contribution in [0, 0.1) is 5.82 Å². The number of thiazole rings is 1. The molecule has 0 bridgehead atoms. The fourth-order valence-corrected chi connectivity index (χ4v) is 2.25. The highest BCUT2D eigenvalue weighted by Gasteiger charge is 2.07. The molecule has 1 aromatic heterocycles. The van der Waals surface area contributed by atoms with Gasteiger partial charge in [-0.05, 0) is 18.2 Å². The summed E-state index contributed by atoms with van der Waals surface area (Å²) in [5, 5.41) is 3.57. The van der Waals surface area contributed by atoms with Crippen molar-refractivity contribution in [3.63, 3.8) is 0 Å². The van der Waals surface area contributed by atoms with E-state index in [9.17, 15) is 9.18 Å². The summed E-state index contributed by atoms with van der Waals surface area (Å²) in [5.41, 5.74) is 5.58. The molecule has 0 aliphatic carbocycles. The molecule has 1 amide bonds. The van der Waals surface area contributed by atoms with Crippen LogP contribution in [0.3, 0.4) is 0 Å². The fraction of sp³-hybridized carbons (Fsp3) is 0.0909. The number of aromatic nitrogens is 1. The molecular weight excluding hydrogens is 277 g/mol. The summed E-state index contributed by atoms with van der Waals surface area (Å²) in [4.78, 5) is 15.0. The van der Waals surface area contributed by atoms with Crippen LogP contribution in [0.2, 0.25) is 4.34 Å². The van der Waals surface area contributed by atoms with Crippen LogP contribution in [-0.2, 0) is 6.54 Å². The highest BCUT2D eigenvalue weighted by molar-refractivity contribution is 7.15. The van der Waals surface area contributed by atoms with Crippen LogP contribution in [0.4, 0.5) is 10.1 Å². The molecule has 7 heteroatoms. The number of hydrogen-bond acceptors (Lipinski definition) is 4. The zero-order valence-electron chi connectivity index (χ0n) is 9.11. The normalized spacial score (nSPS) is 10.3. The Hall–Kier alpha value is -1.66. The van der Waals surface area contributed by atoms with Crippen molar-refractivity contribution in [2.24, 2.45) is 5.73 Å². The number of halogens is 2. The van der Waals surface area contributed by atoms with E-state index in [1.165, 1.54) is 35.7 Å². The molecule has 0 atom stereocenters. The first kappa shape index (κ1) is 12.8. The van der Waals surface area contributed by atoms with E-state index >= 15 is 0 Å². The van der Waals surface area contributed by atoms with Crippen molar-refractivity contribution in [1.29, 1.82) is 0 Å². The van der Waals surface area contributed by atoms with E-state index in [0.717, 1.165) is 5.01 Å². The van der Waals surface area contributed by atoms with Crippen LogP contribution in [0.25, 0.3) is 0 Å². The van der Waals surface area contributed by atoms with E-state index < -0.39 is 11.7 Å². The number of benzene rings is 1. The standard InChI is InChI=1S/C11H9ClFN3OS/c12-9-4-16-10(18-9)5-15-8-3-6(11(14)17)1-2-7(8)13/h1-4,15H,5H2,(H2,14,17). The number of nitrogens with one attached hydrogen (secondary N) is 1. The predicted molar refractivity (Wildman–Crippen MR) is 69.4 cm³/mol. The summed E-state index contributed by atoms with van der Waals surface area (Å²) in [6, 6.07) is 3.90. The van der Waals surface area contributed by atoms with Gasteiger partial charge in [-0.1, -0.05) is 11.6 Å². The van der Waals surface area contributed by atoms with Crippen molar-refractivity contribution in [3.8, 4) is 0 Å². The largest absolute Gasteiger partial charge is 0.376 e. The van der Waals surface area contributed by atoms with E-state index in [-0.39, 0.29) is 11.3 Å². The second-order valence-electron chi connectivity index (χ2n) is 3.47. The van der Waals surface area contributed by atoms with Gasteiger partial charge in [0.05, 0.1) is 18.4 Å². The van der Waals surface area contributed by atoms with Crippen LogP contribution < -0.4 is 11.1 Å². The average Bonchev–Trinajstić information content (AvgIpc) is 2.74. The van der Waals surface area contributed by atoms with Gasteiger partial charge in [0.2, 0.25) is 5.91 Å². The number of rotatable bonds is 4. The van der Waals surface area contributed by atoms with Crippen molar-refractivity contribution in [2.75, 3.05) is 5.32 Å². The molecule has 0 fully saturated rings. The second-order valence-corrected chi connectivity index (χ2v) is 5.22. The number of carbonyl (C=O) groups excluding carboxylic acids is 1. The fourth-order valence-electron chi connectivity index (χ4n) is 1.35. The van der Waals surface area contributed by atoms with E-state index in [4.69, 9.17) is 17.3 Å². The maximum atomic E-state index is 13.5. The molecule has 94 valence electrons. The van der Waals surface area contributed by atoms with Crippen molar-refractivity contribution >= 4 is 34.5 Å². The second kappa shape index (κ2) is 5.32. The lowest BCUT2D eigenvalue weighted by Crippen LogP contribution is -2.12. The molecule has 2 rings (SSSR count). The minimum absolute atomic E-state index is 0.206. The minimum Gasteiger partial charge on any atom is -0.376 e. The first-order chi connectivity index (χ1) is 8.56. The van der Waals surface area contributed by atoms with Gasteiger partial charge in [0.15, 0.2) is 0 Å². The topological polar surface area (TPSA) is 68.0 Å². The molecule has 0 saturated heterocycles. The monoisotopic (exact) mass is 285 g/mol. The van der Waals surface area contributed by atoms with Crippen LogP contribution in [0.1, 0.15) is 15.4 Å². The van der Waals surface area contributed by atoms with Crippen molar-refractivity contribution < 1.29 is 9.18 Å². The molecule has 0 radical (unpaired) electrons. The number of nitrogens with zero attached hydrogens (tertiary/aromatic N) is 1. The Labute approximate surface area is 112 Å². The van der Waals surface area contributed by atoms with E-state index in [1.807, 2.05) is 0 Å². The van der Waals surface area contributed by atoms with Gasteiger partial charge in [0, 0.05) is 5.56 Å². The van der Waals surface area contributed by atoms with Gasteiger partial charge >= 0.3 is 0 Å². The molecule has 1 aromatic carbocycles. The number of carbonyl (C=O) groups is 1. The highest BCUT2D eigenvalue weighted by Crippen LogP contribution is 2.21. The minimum atomic E-state index is -0.602. The zero-order chi connectivity index (χ0) is 13.1. The number of anilines is 1. The summed E-state index contributed by atoms with van der Waals surface area (Å²) >= 11 is 7.03. The Bertz CT molecular complexity index is 587. The molecule has 0 aliphatic rings. The van der Waals surface area contributed by atoms with Crippen LogP contribution in [0.5, 0.6) is 0 Å². The zero-order valence-corrected chi connectivity index (χ0v) is 10.7. The number of hydrogen-bond donors (Lipinski definition) is 2. The third-order valence-corrected chi connectivity index (χ3v) is 3.32. The van der Waals surface area contributed by atoms with Gasteiger partial charge in [-0.15, -0.1) is 11.3 Å². The van der Waals surface area contributed by atoms with E-state index in [1.54, 1.807) is 0 Å². The van der Waals surface area contributed by atoms with E-state index in [0.29, 0.717) is 10.9 Å². The number of amides is 1. The lowest BCUT2D eigenvalue weighted by atomic mass is 10.2. The summed E-state index contributed by atoms with van der Waals surface area (Å²) in [7, 11) is 0. The van der Waals surface area contributed by atoms with Gasteiger partial charge in [-0.2, -0.15) is 0 Å². The van der Waals surface area contributed by atoms with Crippen molar-refractivity contribution in [2.45, 2.75) is 6.54 Å². The van der Waals surface area contributed by atoms with Crippen molar-refractivity contribution in [3.05, 3.63) is 45.1 Å². The van der Waals surface area contributed by atoms with Gasteiger partial charge in [-0.25, -0.2) is 9.37 Å². The van der Waals surface area contributed by atoms with Crippen molar-refractivity contribution in [1.82, 2.24) is 4.98 Å². The molecule has 3 N–H and O–H groups in total. The third-order valence-electron chi connectivity index (χ3n) is 2.21. The smallest absolute Gasteiger partial charge is 0.248 e. The SMILES string of the molecule is NC(=O)c1ccc(F)c(NCc2ncc(Cl)s2)c1. The van der Waals surface area contributed by atoms with Gasteiger partial charge in [0.1, 0.15) is 15.2 Å². The lowest BCUT2D eigenvalue weighted by Gasteiger charge is -2.06. The average molecular weight is 286 g/mol. The van der Waals surface area contributed by atoms with E-state index in [2.05, 4.69) is 10.3 Å². The maximum Gasteiger partial charge on any atom is 0.248 e. The Morgan fingerprint density at radius 2 is 2.33 bits per heavy atom. The molecule has 0 spiro atoms. The Kier molecular flexibility index (Phi) is 3.78. The molecule has 2 aromatic rings. The molecular formula is C11H9ClFN3OS. The van der Waals surface area contributed by atoms with Crippen LogP contribution in [-0.4, -0.2) is 10.9 Å². The van der Waals surface area contributed by atoms with Gasteiger partial charge in [0.25, 0.3) is 0 Å². The van der Waals surface area contributed by atoms with Crippen LogP contribution >= 0.6 is 22.9 Å². The highest BCUT2D eigenvalue weighted by atomic mass is 35.5. The first-order valence-corrected chi connectivity index (χ1v) is 6.19. The third kappa shape index (κ3) is 2.96. The number of nitrogens with two attached hydrogens (primary N) is 1. The molecule has 18 heavy (non-hydrogen) atoms. The Balaban J connectivity index is 2.13. The number of primary amides is 1. The predicted octanol–water partition coefficient (Wildman–Crippen LogP) is 2.65. The quantitative estimate of drug-likeness (QED) is 0.907. The summed E-state index contributed by atoms with van der Waals surface area (Å²) < 4.78 is 14.1. The lowest BCUT2D eigenvalue weighted by molar-refractivity contribution is 0.100. The summed E-state index contributed by atoms with van der Waals surface area (Å²) in [6.45, 7) is 0.330. The van der Waals surface area contributed by atoms with Crippen LogP contribution in [0.15, 0.2) is 24.4 Å². The Morgan fingerprint density at radius 3 is 2.94 bits per heavy atom. The molecule has 1 heterocycles. The first-order valence-electron chi connectivity index (χ1n) is 4.99. The van der Waals surface area contributed by atoms with Gasteiger partial charge in [-0.3, -0.25) is 4.79 Å². The molecule has 0 unspecified atom stereocenters.